The molecular formula is C15H17ClN2. The predicted octanol–water partition coefficient (Wildman–Crippen LogP) is 4.52. The maximum absolute atomic E-state index is 6.04. The van der Waals surface area contributed by atoms with Gasteiger partial charge in [-0.3, -0.25) is 0 Å². The lowest BCUT2D eigenvalue weighted by Crippen LogP contribution is -2.07. The van der Waals surface area contributed by atoms with Crippen molar-refractivity contribution in [1.82, 2.24) is 4.98 Å². The molecular weight excluding hydrogens is 244 g/mol. The average molecular weight is 261 g/mol. The monoisotopic (exact) mass is 260 g/mol. The number of hydrogen-bond donors (Lipinski definition) is 1. The molecule has 1 N–H and O–H groups in total. The van der Waals surface area contributed by atoms with Crippen LogP contribution in [0.1, 0.15) is 29.7 Å². The van der Waals surface area contributed by atoms with Crippen LogP contribution in [-0.2, 0) is 0 Å². The van der Waals surface area contributed by atoms with Gasteiger partial charge >= 0.3 is 0 Å². The van der Waals surface area contributed by atoms with Gasteiger partial charge in [-0.25, -0.2) is 4.98 Å². The quantitative estimate of drug-likeness (QED) is 0.821. The fourth-order valence-corrected chi connectivity index (χ4v) is 2.02. The number of hydrogen-bond acceptors (Lipinski definition) is 2. The highest BCUT2D eigenvalue weighted by Gasteiger charge is 2.08. The van der Waals surface area contributed by atoms with Crippen LogP contribution in [0, 0.1) is 13.8 Å². The first-order chi connectivity index (χ1) is 8.58. The second-order valence-corrected chi connectivity index (χ2v) is 4.91. The van der Waals surface area contributed by atoms with Gasteiger partial charge in [-0.2, -0.15) is 0 Å². The molecule has 2 aromatic rings. The first-order valence-electron chi connectivity index (χ1n) is 6.02. The van der Waals surface area contributed by atoms with Crippen LogP contribution < -0.4 is 5.32 Å². The predicted molar refractivity (Wildman–Crippen MR) is 77.2 cm³/mol. The minimum Gasteiger partial charge on any atom is -0.376 e. The third kappa shape index (κ3) is 2.82. The Morgan fingerprint density at radius 2 is 1.94 bits per heavy atom. The van der Waals surface area contributed by atoms with Crippen LogP contribution in [0.25, 0.3) is 0 Å². The minimum absolute atomic E-state index is 0.200. The number of aromatic nitrogens is 1. The van der Waals surface area contributed by atoms with Crippen LogP contribution in [0.4, 0.5) is 5.69 Å². The number of nitrogens with one attached hydrogen (secondary N) is 1. The Balaban J connectivity index is 2.19. The molecule has 0 spiro atoms. The van der Waals surface area contributed by atoms with E-state index >= 15 is 0 Å². The van der Waals surface area contributed by atoms with Gasteiger partial charge in [0.2, 0.25) is 0 Å². The van der Waals surface area contributed by atoms with Crippen molar-refractivity contribution < 1.29 is 0 Å². The van der Waals surface area contributed by atoms with Crippen LogP contribution in [0.3, 0.4) is 0 Å². The summed E-state index contributed by atoms with van der Waals surface area (Å²) in [6.45, 7) is 6.37. The highest BCUT2D eigenvalue weighted by molar-refractivity contribution is 6.31. The van der Waals surface area contributed by atoms with E-state index in [2.05, 4.69) is 49.3 Å². The van der Waals surface area contributed by atoms with Crippen LogP contribution in [0.5, 0.6) is 0 Å². The molecule has 0 saturated carbocycles. The summed E-state index contributed by atoms with van der Waals surface area (Å²) >= 11 is 6.04. The van der Waals surface area contributed by atoms with Gasteiger partial charge in [-0.15, -0.1) is 0 Å². The molecule has 0 bridgehead atoms. The summed E-state index contributed by atoms with van der Waals surface area (Å²) in [5.41, 5.74) is 4.73. The molecule has 0 aliphatic carbocycles. The molecule has 18 heavy (non-hydrogen) atoms. The lowest BCUT2D eigenvalue weighted by Gasteiger charge is -2.17. The van der Waals surface area contributed by atoms with Gasteiger partial charge in [0.1, 0.15) is 0 Å². The zero-order valence-electron chi connectivity index (χ0n) is 10.9. The molecule has 0 aliphatic heterocycles. The smallest absolute Gasteiger partial charge is 0.152 e. The molecule has 3 heteroatoms. The molecule has 1 heterocycles. The van der Waals surface area contributed by atoms with E-state index in [1.54, 1.807) is 6.20 Å². The molecule has 1 atom stereocenters. The van der Waals surface area contributed by atoms with Crippen molar-refractivity contribution in [2.24, 2.45) is 0 Å². The molecule has 0 radical (unpaired) electrons. The lowest BCUT2D eigenvalue weighted by molar-refractivity contribution is 0.880. The lowest BCUT2D eigenvalue weighted by atomic mass is 10.0. The molecule has 1 unspecified atom stereocenters. The Hall–Kier alpha value is -1.54. The van der Waals surface area contributed by atoms with Crippen molar-refractivity contribution in [3.05, 3.63) is 58.4 Å². The highest BCUT2D eigenvalue weighted by atomic mass is 35.5. The van der Waals surface area contributed by atoms with E-state index < -0.39 is 0 Å². The molecule has 94 valence electrons. The molecule has 0 saturated heterocycles. The van der Waals surface area contributed by atoms with Gasteiger partial charge < -0.3 is 5.32 Å². The third-order valence-corrected chi connectivity index (χ3v) is 3.46. The van der Waals surface area contributed by atoms with Gasteiger partial charge in [0.25, 0.3) is 0 Å². The summed E-state index contributed by atoms with van der Waals surface area (Å²) in [7, 11) is 0. The fourth-order valence-electron chi connectivity index (χ4n) is 1.84. The van der Waals surface area contributed by atoms with Gasteiger partial charge in [0.05, 0.1) is 5.69 Å². The molecule has 2 rings (SSSR count). The number of halogens is 1. The Kier molecular flexibility index (Phi) is 3.87. The van der Waals surface area contributed by atoms with E-state index in [1.165, 1.54) is 16.7 Å². The molecule has 1 aromatic heterocycles. The Morgan fingerprint density at radius 3 is 2.61 bits per heavy atom. The zero-order chi connectivity index (χ0) is 13.1. The first kappa shape index (κ1) is 12.9. The van der Waals surface area contributed by atoms with Crippen LogP contribution >= 0.6 is 11.6 Å². The van der Waals surface area contributed by atoms with E-state index in [0.29, 0.717) is 5.15 Å². The van der Waals surface area contributed by atoms with Gasteiger partial charge in [-0.1, -0.05) is 29.8 Å². The molecule has 2 nitrogen and oxygen atoms in total. The van der Waals surface area contributed by atoms with E-state index in [1.807, 2.05) is 12.1 Å². The van der Waals surface area contributed by atoms with Crippen LogP contribution in [-0.4, -0.2) is 4.98 Å². The van der Waals surface area contributed by atoms with Crippen LogP contribution in [0.15, 0.2) is 36.5 Å². The summed E-state index contributed by atoms with van der Waals surface area (Å²) < 4.78 is 0. The number of benzene rings is 1. The average Bonchev–Trinajstić information content (AvgIpc) is 2.35. The van der Waals surface area contributed by atoms with E-state index in [9.17, 15) is 0 Å². The number of aryl methyl sites for hydroxylation is 2. The Bertz CT molecular complexity index is 552. The second kappa shape index (κ2) is 5.40. The van der Waals surface area contributed by atoms with Crippen molar-refractivity contribution in [1.29, 1.82) is 0 Å². The maximum atomic E-state index is 6.04. The Morgan fingerprint density at radius 1 is 1.17 bits per heavy atom. The minimum atomic E-state index is 0.200. The highest BCUT2D eigenvalue weighted by Crippen LogP contribution is 2.25. The van der Waals surface area contributed by atoms with Gasteiger partial charge in [0, 0.05) is 12.2 Å². The number of anilines is 1. The summed E-state index contributed by atoms with van der Waals surface area (Å²) in [6.07, 6.45) is 1.69. The van der Waals surface area contributed by atoms with E-state index in [4.69, 9.17) is 11.6 Å². The molecule has 1 aromatic carbocycles. The van der Waals surface area contributed by atoms with E-state index in [-0.39, 0.29) is 6.04 Å². The van der Waals surface area contributed by atoms with Gasteiger partial charge in [0.15, 0.2) is 5.15 Å². The van der Waals surface area contributed by atoms with Crippen molar-refractivity contribution >= 4 is 17.3 Å². The third-order valence-electron chi connectivity index (χ3n) is 3.16. The SMILES string of the molecule is Cc1ccc(C(C)Nc2cccnc2Cl)cc1C. The standard InChI is InChI=1S/C15H17ClN2/c1-10-6-7-13(9-11(10)2)12(3)18-14-5-4-8-17-15(14)16/h4-9,12,18H,1-3H3. The van der Waals surface area contributed by atoms with Crippen molar-refractivity contribution in [3.63, 3.8) is 0 Å². The summed E-state index contributed by atoms with van der Waals surface area (Å²) in [4.78, 5) is 4.06. The number of nitrogens with zero attached hydrogens (tertiary/aromatic N) is 1. The van der Waals surface area contributed by atoms with Crippen molar-refractivity contribution in [3.8, 4) is 0 Å². The normalized spacial score (nSPS) is 12.2. The topological polar surface area (TPSA) is 24.9 Å². The summed E-state index contributed by atoms with van der Waals surface area (Å²) in [6, 6.07) is 10.5. The van der Waals surface area contributed by atoms with Crippen molar-refractivity contribution in [2.75, 3.05) is 5.32 Å². The Labute approximate surface area is 113 Å². The largest absolute Gasteiger partial charge is 0.376 e. The molecule has 0 aliphatic rings. The van der Waals surface area contributed by atoms with E-state index in [0.717, 1.165) is 5.69 Å². The van der Waals surface area contributed by atoms with Gasteiger partial charge in [-0.05, 0) is 49.6 Å². The molecule has 0 fully saturated rings. The number of rotatable bonds is 3. The fraction of sp³-hybridized carbons (Fsp3) is 0.267. The maximum Gasteiger partial charge on any atom is 0.152 e. The van der Waals surface area contributed by atoms with Crippen LogP contribution in [0.2, 0.25) is 5.15 Å². The first-order valence-corrected chi connectivity index (χ1v) is 6.40. The summed E-state index contributed by atoms with van der Waals surface area (Å²) in [5.74, 6) is 0. The summed E-state index contributed by atoms with van der Waals surface area (Å²) in [5, 5.41) is 3.89. The number of pyridine rings is 1. The second-order valence-electron chi connectivity index (χ2n) is 4.55. The molecule has 0 amide bonds. The van der Waals surface area contributed by atoms with Crippen molar-refractivity contribution in [2.45, 2.75) is 26.8 Å². The zero-order valence-corrected chi connectivity index (χ0v) is 11.6.